The van der Waals surface area contributed by atoms with Crippen LogP contribution >= 0.6 is 0 Å². The number of fused-ring (bicyclic) bond motifs is 3. The Labute approximate surface area is 231 Å². The van der Waals surface area contributed by atoms with Gasteiger partial charge in [-0.2, -0.15) is 0 Å². The quantitative estimate of drug-likeness (QED) is 0.552. The molecule has 0 bridgehead atoms. The van der Waals surface area contributed by atoms with E-state index in [4.69, 9.17) is 0 Å². The number of phenolic OH excluding ortho intramolecular Hbond substituents is 1. The topological polar surface area (TPSA) is 83.0 Å². The number of nitrogens with one attached hydrogen (secondary N) is 2. The van der Waals surface area contributed by atoms with Crippen molar-refractivity contribution in [2.24, 2.45) is 5.41 Å². The molecule has 8 rings (SSSR count). The van der Waals surface area contributed by atoms with Crippen LogP contribution in [0, 0.1) is 5.41 Å². The number of hydrogen-bond acceptors (Lipinski definition) is 9. The van der Waals surface area contributed by atoms with Gasteiger partial charge in [-0.3, -0.25) is 4.90 Å². The number of aromatic nitrogens is 2. The van der Waals surface area contributed by atoms with E-state index in [2.05, 4.69) is 46.5 Å². The third-order valence-electron chi connectivity index (χ3n) is 10.9. The molecule has 5 fully saturated rings. The molecule has 39 heavy (non-hydrogen) atoms. The van der Waals surface area contributed by atoms with Gasteiger partial charge < -0.3 is 30.4 Å². The van der Waals surface area contributed by atoms with Crippen molar-refractivity contribution in [3.05, 3.63) is 30.3 Å². The molecule has 1 atom stereocenters. The Morgan fingerprint density at radius 2 is 1.49 bits per heavy atom. The van der Waals surface area contributed by atoms with E-state index in [-0.39, 0.29) is 11.9 Å². The fraction of sp³-hybridized carbons (Fsp3) is 0.667. The Hall–Kier alpha value is -2.46. The molecule has 2 aromatic rings. The van der Waals surface area contributed by atoms with Gasteiger partial charge in [0.2, 0.25) is 0 Å². The number of benzene rings is 1. The molecule has 208 valence electrons. The van der Waals surface area contributed by atoms with Crippen LogP contribution < -0.4 is 15.5 Å². The number of anilines is 2. The van der Waals surface area contributed by atoms with Crippen LogP contribution in [0.2, 0.25) is 0 Å². The second kappa shape index (κ2) is 9.58. The summed E-state index contributed by atoms with van der Waals surface area (Å²) in [6, 6.07) is 11.8. The van der Waals surface area contributed by atoms with Crippen LogP contribution in [0.25, 0.3) is 11.3 Å². The van der Waals surface area contributed by atoms with Crippen molar-refractivity contribution >= 4 is 11.5 Å². The molecule has 0 radical (unpaired) electrons. The number of aromatic hydroxyl groups is 1. The minimum atomic E-state index is 0.242. The molecule has 6 aliphatic rings. The van der Waals surface area contributed by atoms with Crippen LogP contribution in [0.15, 0.2) is 30.3 Å². The summed E-state index contributed by atoms with van der Waals surface area (Å²) in [4.78, 5) is 10.8. The van der Waals surface area contributed by atoms with E-state index in [1.165, 1.54) is 77.8 Å². The standard InChI is InChI=1S/C30H42N8O/c39-27-4-2-1-3-24(27)25-15-26-29(34-33-25)32-28-18-37(13-14-38(26)28)22-7-9-35(10-8-22)21-5-11-36(12-6-21)23-16-30(17-23)19-31-20-30/h1-4,15,21-23,28,31,39H,5-14,16-20H2,(H,32,34). The van der Waals surface area contributed by atoms with Crippen molar-refractivity contribution < 1.29 is 5.11 Å². The predicted octanol–water partition coefficient (Wildman–Crippen LogP) is 2.40. The average molecular weight is 531 g/mol. The minimum Gasteiger partial charge on any atom is -0.507 e. The lowest BCUT2D eigenvalue weighted by atomic mass is 9.61. The van der Waals surface area contributed by atoms with Crippen molar-refractivity contribution in [2.45, 2.75) is 62.8 Å². The molecule has 4 saturated heterocycles. The molecule has 1 unspecified atom stereocenters. The Bertz CT molecular complexity index is 1200. The Morgan fingerprint density at radius 1 is 0.795 bits per heavy atom. The van der Waals surface area contributed by atoms with Gasteiger partial charge in [-0.05, 0) is 88.3 Å². The zero-order valence-electron chi connectivity index (χ0n) is 22.9. The zero-order valence-corrected chi connectivity index (χ0v) is 22.9. The number of piperazine rings is 1. The molecule has 1 spiro atoms. The summed E-state index contributed by atoms with van der Waals surface area (Å²) < 4.78 is 0. The van der Waals surface area contributed by atoms with Gasteiger partial charge in [0, 0.05) is 56.4 Å². The summed E-state index contributed by atoms with van der Waals surface area (Å²) >= 11 is 0. The van der Waals surface area contributed by atoms with E-state index < -0.39 is 0 Å². The molecular formula is C30H42N8O. The monoisotopic (exact) mass is 530 g/mol. The third-order valence-corrected chi connectivity index (χ3v) is 10.9. The van der Waals surface area contributed by atoms with Crippen LogP contribution in [0.5, 0.6) is 5.75 Å². The Kier molecular flexibility index (Phi) is 5.98. The van der Waals surface area contributed by atoms with Gasteiger partial charge in [-0.15, -0.1) is 10.2 Å². The molecule has 9 nitrogen and oxygen atoms in total. The predicted molar refractivity (Wildman–Crippen MR) is 153 cm³/mol. The summed E-state index contributed by atoms with van der Waals surface area (Å²) in [5.41, 5.74) is 3.25. The van der Waals surface area contributed by atoms with E-state index in [0.717, 1.165) is 54.5 Å². The maximum absolute atomic E-state index is 10.3. The molecular weight excluding hydrogens is 488 g/mol. The van der Waals surface area contributed by atoms with Crippen LogP contribution in [0.4, 0.5) is 11.5 Å². The van der Waals surface area contributed by atoms with E-state index in [1.54, 1.807) is 6.07 Å². The van der Waals surface area contributed by atoms with E-state index in [1.807, 2.05) is 18.2 Å². The molecule has 5 aliphatic heterocycles. The first-order chi connectivity index (χ1) is 19.1. The number of rotatable bonds is 4. The van der Waals surface area contributed by atoms with Crippen molar-refractivity contribution in [3.8, 4) is 17.0 Å². The van der Waals surface area contributed by atoms with Crippen LogP contribution in [0.1, 0.15) is 38.5 Å². The lowest BCUT2D eigenvalue weighted by molar-refractivity contribution is -0.0518. The number of hydrogen-bond donors (Lipinski definition) is 3. The summed E-state index contributed by atoms with van der Waals surface area (Å²) in [6.45, 7) is 10.8. The molecule has 1 aromatic heterocycles. The van der Waals surface area contributed by atoms with Gasteiger partial charge in [-0.25, -0.2) is 0 Å². The second-order valence-corrected chi connectivity index (χ2v) is 13.0. The Balaban J connectivity index is 0.832. The first kappa shape index (κ1) is 24.3. The number of nitrogens with zero attached hydrogens (tertiary/aromatic N) is 6. The number of piperidine rings is 2. The fourth-order valence-electron chi connectivity index (χ4n) is 8.43. The van der Waals surface area contributed by atoms with Gasteiger partial charge in [0.15, 0.2) is 5.82 Å². The summed E-state index contributed by atoms with van der Waals surface area (Å²) in [7, 11) is 0. The minimum absolute atomic E-state index is 0.242. The van der Waals surface area contributed by atoms with Crippen molar-refractivity contribution in [2.75, 3.05) is 69.1 Å². The molecule has 3 N–H and O–H groups in total. The van der Waals surface area contributed by atoms with Gasteiger partial charge in [-0.1, -0.05) is 12.1 Å². The van der Waals surface area contributed by atoms with Crippen LogP contribution in [0.3, 0.4) is 0 Å². The largest absolute Gasteiger partial charge is 0.507 e. The highest BCUT2D eigenvalue weighted by Gasteiger charge is 2.50. The van der Waals surface area contributed by atoms with Crippen molar-refractivity contribution in [1.29, 1.82) is 0 Å². The molecule has 9 heteroatoms. The van der Waals surface area contributed by atoms with Crippen LogP contribution in [-0.4, -0.2) is 113 Å². The van der Waals surface area contributed by atoms with E-state index >= 15 is 0 Å². The number of para-hydroxylation sites is 1. The second-order valence-electron chi connectivity index (χ2n) is 13.0. The fourth-order valence-corrected chi connectivity index (χ4v) is 8.43. The first-order valence-corrected chi connectivity index (χ1v) is 15.3. The normalized spacial score (nSPS) is 28.5. The van der Waals surface area contributed by atoms with E-state index in [9.17, 15) is 5.11 Å². The molecule has 1 saturated carbocycles. The van der Waals surface area contributed by atoms with Gasteiger partial charge in [0.1, 0.15) is 11.9 Å². The summed E-state index contributed by atoms with van der Waals surface area (Å²) in [6.07, 6.45) is 8.41. The highest BCUT2D eigenvalue weighted by atomic mass is 16.3. The Morgan fingerprint density at radius 3 is 2.18 bits per heavy atom. The SMILES string of the molecule is Oc1ccccc1-c1cc2c(nn1)NC1CN(C3CCN(C4CCN(C5CC6(CNC6)C5)CC4)CC3)CCN21. The number of phenols is 1. The summed E-state index contributed by atoms with van der Waals surface area (Å²) in [5, 5.41) is 26.3. The smallest absolute Gasteiger partial charge is 0.174 e. The average Bonchev–Trinajstić information content (AvgIpc) is 3.29. The lowest BCUT2D eigenvalue weighted by Gasteiger charge is -2.58. The highest BCUT2D eigenvalue weighted by Crippen LogP contribution is 2.47. The number of likely N-dealkylation sites (tertiary alicyclic amines) is 2. The molecule has 6 heterocycles. The molecule has 0 amide bonds. The van der Waals surface area contributed by atoms with Gasteiger partial charge in [0.25, 0.3) is 0 Å². The maximum Gasteiger partial charge on any atom is 0.174 e. The third kappa shape index (κ3) is 4.29. The highest BCUT2D eigenvalue weighted by molar-refractivity contribution is 5.78. The summed E-state index contributed by atoms with van der Waals surface area (Å²) in [5.74, 6) is 1.11. The lowest BCUT2D eigenvalue weighted by Crippen LogP contribution is -2.66. The zero-order chi connectivity index (χ0) is 26.0. The van der Waals surface area contributed by atoms with Crippen molar-refractivity contribution in [3.63, 3.8) is 0 Å². The van der Waals surface area contributed by atoms with Gasteiger partial charge >= 0.3 is 0 Å². The van der Waals surface area contributed by atoms with Crippen LogP contribution in [-0.2, 0) is 0 Å². The molecule has 1 aliphatic carbocycles. The molecule has 1 aromatic carbocycles. The van der Waals surface area contributed by atoms with E-state index in [0.29, 0.717) is 11.5 Å². The van der Waals surface area contributed by atoms with Gasteiger partial charge in [0.05, 0.1) is 11.4 Å². The first-order valence-electron chi connectivity index (χ1n) is 15.3. The maximum atomic E-state index is 10.3. The van der Waals surface area contributed by atoms with Crippen molar-refractivity contribution in [1.82, 2.24) is 30.2 Å².